The Balaban J connectivity index is 2.28. The number of rotatable bonds is 5. The molecule has 1 unspecified atom stereocenters. The van der Waals surface area contributed by atoms with Crippen molar-refractivity contribution in [3.05, 3.63) is 63.6 Å². The van der Waals surface area contributed by atoms with Gasteiger partial charge < -0.3 is 10.6 Å². The number of hydrogen-bond donors (Lipinski definition) is 1. The van der Waals surface area contributed by atoms with Gasteiger partial charge in [0, 0.05) is 19.3 Å². The van der Waals surface area contributed by atoms with E-state index in [1.54, 1.807) is 0 Å². The first-order valence-corrected chi connectivity index (χ1v) is 7.79. The summed E-state index contributed by atoms with van der Waals surface area (Å²) in [5.41, 5.74) is 9.49. The van der Waals surface area contributed by atoms with Crippen LogP contribution in [0.5, 0.6) is 0 Å². The van der Waals surface area contributed by atoms with Crippen LogP contribution in [0.4, 0.5) is 5.69 Å². The van der Waals surface area contributed by atoms with Crippen LogP contribution in [0.3, 0.4) is 0 Å². The summed E-state index contributed by atoms with van der Waals surface area (Å²) in [4.78, 5) is 2.17. The molecule has 0 saturated carbocycles. The molecule has 4 heteroatoms. The minimum absolute atomic E-state index is 0.0623. The van der Waals surface area contributed by atoms with E-state index in [9.17, 15) is 0 Å². The SMILES string of the molecule is CCc1ccc(N(C)C(CN)c2ccc(Cl)c(Cl)c2)cc1. The maximum atomic E-state index is 6.11. The molecule has 21 heavy (non-hydrogen) atoms. The highest BCUT2D eigenvalue weighted by Gasteiger charge is 2.17. The Hall–Kier alpha value is -1.22. The third-order valence-corrected chi connectivity index (χ3v) is 4.51. The highest BCUT2D eigenvalue weighted by molar-refractivity contribution is 6.42. The van der Waals surface area contributed by atoms with Crippen molar-refractivity contribution in [1.82, 2.24) is 0 Å². The zero-order chi connectivity index (χ0) is 15.4. The number of anilines is 1. The lowest BCUT2D eigenvalue weighted by atomic mass is 10.0. The van der Waals surface area contributed by atoms with Gasteiger partial charge in [-0.1, -0.05) is 48.3 Å². The van der Waals surface area contributed by atoms with Crippen molar-refractivity contribution in [3.8, 4) is 0 Å². The van der Waals surface area contributed by atoms with Crippen LogP contribution < -0.4 is 10.6 Å². The van der Waals surface area contributed by atoms with Crippen LogP contribution in [0, 0.1) is 0 Å². The molecule has 0 amide bonds. The van der Waals surface area contributed by atoms with Gasteiger partial charge in [0.25, 0.3) is 0 Å². The Bertz CT molecular complexity index is 596. The van der Waals surface area contributed by atoms with Crippen LogP contribution in [0.1, 0.15) is 24.1 Å². The molecular weight excluding hydrogens is 303 g/mol. The number of nitrogens with zero attached hydrogens (tertiary/aromatic N) is 1. The molecule has 0 saturated heterocycles. The maximum Gasteiger partial charge on any atom is 0.0662 e. The third kappa shape index (κ3) is 3.70. The molecule has 0 bridgehead atoms. The van der Waals surface area contributed by atoms with Crippen molar-refractivity contribution in [3.63, 3.8) is 0 Å². The topological polar surface area (TPSA) is 29.3 Å². The average molecular weight is 323 g/mol. The van der Waals surface area contributed by atoms with E-state index >= 15 is 0 Å². The number of aryl methyl sites for hydroxylation is 1. The van der Waals surface area contributed by atoms with Gasteiger partial charge in [0.05, 0.1) is 16.1 Å². The highest BCUT2D eigenvalue weighted by atomic mass is 35.5. The molecule has 0 fully saturated rings. The summed E-state index contributed by atoms with van der Waals surface area (Å²) in [6.07, 6.45) is 1.04. The summed E-state index contributed by atoms with van der Waals surface area (Å²) in [5, 5.41) is 1.12. The number of nitrogens with two attached hydrogens (primary N) is 1. The fraction of sp³-hybridized carbons (Fsp3) is 0.294. The molecule has 0 aliphatic carbocycles. The molecule has 2 aromatic carbocycles. The molecule has 2 rings (SSSR count). The minimum Gasteiger partial charge on any atom is -0.366 e. The summed E-state index contributed by atoms with van der Waals surface area (Å²) in [6, 6.07) is 14.3. The average Bonchev–Trinajstić information content (AvgIpc) is 2.51. The second kappa shape index (κ2) is 7.17. The van der Waals surface area contributed by atoms with Gasteiger partial charge in [-0.05, 0) is 41.8 Å². The van der Waals surface area contributed by atoms with E-state index in [-0.39, 0.29) is 6.04 Å². The zero-order valence-corrected chi connectivity index (χ0v) is 13.8. The zero-order valence-electron chi connectivity index (χ0n) is 12.3. The van der Waals surface area contributed by atoms with Gasteiger partial charge in [0.1, 0.15) is 0 Å². The van der Waals surface area contributed by atoms with E-state index in [4.69, 9.17) is 28.9 Å². The third-order valence-electron chi connectivity index (χ3n) is 3.77. The van der Waals surface area contributed by atoms with Gasteiger partial charge in [-0.2, -0.15) is 0 Å². The summed E-state index contributed by atoms with van der Waals surface area (Å²) in [5.74, 6) is 0. The Labute approximate surface area is 136 Å². The fourth-order valence-electron chi connectivity index (χ4n) is 2.38. The van der Waals surface area contributed by atoms with Crippen molar-refractivity contribution >= 4 is 28.9 Å². The molecule has 0 radical (unpaired) electrons. The van der Waals surface area contributed by atoms with Crippen LogP contribution in [-0.4, -0.2) is 13.6 Å². The maximum absolute atomic E-state index is 6.11. The molecule has 0 aromatic heterocycles. The predicted octanol–water partition coefficient (Wildman–Crippen LogP) is 4.69. The number of benzene rings is 2. The second-order valence-electron chi connectivity index (χ2n) is 5.06. The van der Waals surface area contributed by atoms with E-state index in [0.29, 0.717) is 16.6 Å². The van der Waals surface area contributed by atoms with Crippen LogP contribution >= 0.6 is 23.2 Å². The Morgan fingerprint density at radius 2 is 1.71 bits per heavy atom. The predicted molar refractivity (Wildman–Crippen MR) is 92.5 cm³/mol. The summed E-state index contributed by atoms with van der Waals surface area (Å²) in [7, 11) is 2.04. The normalized spacial score (nSPS) is 12.2. The molecule has 0 aliphatic rings. The quantitative estimate of drug-likeness (QED) is 0.865. The smallest absolute Gasteiger partial charge is 0.0662 e. The van der Waals surface area contributed by atoms with E-state index in [1.165, 1.54) is 5.56 Å². The van der Waals surface area contributed by atoms with E-state index < -0.39 is 0 Å². The standard InChI is InChI=1S/C17H20Cl2N2/c1-3-12-4-7-14(8-5-12)21(2)17(11-20)13-6-9-15(18)16(19)10-13/h4-10,17H,3,11,20H2,1-2H3. The Morgan fingerprint density at radius 1 is 1.05 bits per heavy atom. The van der Waals surface area contributed by atoms with Gasteiger partial charge in [-0.3, -0.25) is 0 Å². The minimum atomic E-state index is 0.0623. The summed E-state index contributed by atoms with van der Waals surface area (Å²) >= 11 is 12.1. The fourth-order valence-corrected chi connectivity index (χ4v) is 2.69. The molecule has 0 spiro atoms. The van der Waals surface area contributed by atoms with Crippen LogP contribution in [0.15, 0.2) is 42.5 Å². The molecule has 1 atom stereocenters. The first-order valence-electron chi connectivity index (χ1n) is 7.03. The lowest BCUT2D eigenvalue weighted by Crippen LogP contribution is -2.30. The van der Waals surface area contributed by atoms with Gasteiger partial charge in [-0.15, -0.1) is 0 Å². The van der Waals surface area contributed by atoms with Crippen LogP contribution in [-0.2, 0) is 6.42 Å². The first-order chi connectivity index (χ1) is 10.1. The molecule has 2 N–H and O–H groups in total. The van der Waals surface area contributed by atoms with E-state index in [1.807, 2.05) is 25.2 Å². The number of hydrogen-bond acceptors (Lipinski definition) is 2. The van der Waals surface area contributed by atoms with Crippen LogP contribution in [0.2, 0.25) is 10.0 Å². The summed E-state index contributed by atoms with van der Waals surface area (Å²) < 4.78 is 0. The second-order valence-corrected chi connectivity index (χ2v) is 5.87. The molecule has 2 aromatic rings. The van der Waals surface area contributed by atoms with Crippen molar-refractivity contribution in [2.24, 2.45) is 5.73 Å². The lowest BCUT2D eigenvalue weighted by Gasteiger charge is -2.30. The number of likely N-dealkylation sites (N-methyl/N-ethyl adjacent to an activating group) is 1. The monoisotopic (exact) mass is 322 g/mol. The highest BCUT2D eigenvalue weighted by Crippen LogP contribution is 2.30. The van der Waals surface area contributed by atoms with Crippen molar-refractivity contribution in [2.75, 3.05) is 18.5 Å². The molecule has 2 nitrogen and oxygen atoms in total. The molecule has 0 aliphatic heterocycles. The molecule has 112 valence electrons. The van der Waals surface area contributed by atoms with Crippen molar-refractivity contribution < 1.29 is 0 Å². The van der Waals surface area contributed by atoms with E-state index in [0.717, 1.165) is 17.7 Å². The van der Waals surface area contributed by atoms with Crippen molar-refractivity contribution in [2.45, 2.75) is 19.4 Å². The molecule has 0 heterocycles. The summed E-state index contributed by atoms with van der Waals surface area (Å²) in [6.45, 7) is 2.65. The van der Waals surface area contributed by atoms with Gasteiger partial charge in [-0.25, -0.2) is 0 Å². The van der Waals surface area contributed by atoms with E-state index in [2.05, 4.69) is 36.1 Å². The largest absolute Gasteiger partial charge is 0.366 e. The van der Waals surface area contributed by atoms with Crippen molar-refractivity contribution in [1.29, 1.82) is 0 Å². The Morgan fingerprint density at radius 3 is 2.24 bits per heavy atom. The van der Waals surface area contributed by atoms with Gasteiger partial charge >= 0.3 is 0 Å². The Kier molecular flexibility index (Phi) is 5.51. The first kappa shape index (κ1) is 16.2. The van der Waals surface area contributed by atoms with Gasteiger partial charge in [0.15, 0.2) is 0 Å². The lowest BCUT2D eigenvalue weighted by molar-refractivity contribution is 0.681. The number of halogens is 2. The van der Waals surface area contributed by atoms with Gasteiger partial charge in [0.2, 0.25) is 0 Å². The van der Waals surface area contributed by atoms with Crippen LogP contribution in [0.25, 0.3) is 0 Å². The molecular formula is C17H20Cl2N2.